The van der Waals surface area contributed by atoms with E-state index in [-0.39, 0.29) is 17.5 Å². The van der Waals surface area contributed by atoms with Gasteiger partial charge in [-0.15, -0.1) is 0 Å². The molecule has 0 amide bonds. The Labute approximate surface area is 224 Å². The number of hydrogen-bond donors (Lipinski definition) is 0. The van der Waals surface area contributed by atoms with Gasteiger partial charge in [-0.05, 0) is 71.1 Å². The van der Waals surface area contributed by atoms with Gasteiger partial charge in [0, 0.05) is 17.0 Å². The predicted molar refractivity (Wildman–Crippen MR) is 152 cm³/mol. The molecule has 0 aliphatic heterocycles. The largest absolute Gasteiger partial charge is 0.489 e. The lowest BCUT2D eigenvalue weighted by molar-refractivity contribution is 0.0938. The molecule has 0 bridgehead atoms. The summed E-state index contributed by atoms with van der Waals surface area (Å²) in [7, 11) is 0. The van der Waals surface area contributed by atoms with Gasteiger partial charge in [0.1, 0.15) is 24.7 Å². The Bertz CT molecular complexity index is 1440. The zero-order chi connectivity index (χ0) is 27.1. The van der Waals surface area contributed by atoms with Crippen LogP contribution in [0, 0.1) is 5.92 Å². The van der Waals surface area contributed by atoms with Gasteiger partial charge >= 0.3 is 0 Å². The first-order chi connectivity index (χ1) is 18.3. The number of carbonyl (C=O) groups excluding carboxylic acids is 2. The Morgan fingerprint density at radius 3 is 1.58 bits per heavy atom. The van der Waals surface area contributed by atoms with Gasteiger partial charge in [-0.2, -0.15) is 0 Å². The standard InChI is InChI=1S/C34H32O4/c1-23(2)33(35)31-19-27(37-21-25-11-7-5-8-12-25)15-17-29(31)30-18-16-28(20-32(30)34(36)24(3)4)38-22-26-13-9-6-10-14-26/h5-20,24H,1,21-22H2,2-4H3. The van der Waals surface area contributed by atoms with Crippen molar-refractivity contribution in [3.05, 3.63) is 131 Å². The molecular formula is C34H32O4. The van der Waals surface area contributed by atoms with E-state index in [0.29, 0.717) is 52.5 Å². The van der Waals surface area contributed by atoms with Crippen LogP contribution in [0.3, 0.4) is 0 Å². The highest BCUT2D eigenvalue weighted by Gasteiger charge is 2.22. The van der Waals surface area contributed by atoms with Crippen molar-refractivity contribution >= 4 is 11.6 Å². The van der Waals surface area contributed by atoms with Crippen LogP contribution in [0.25, 0.3) is 11.1 Å². The summed E-state index contributed by atoms with van der Waals surface area (Å²) in [5, 5.41) is 0. The molecule has 0 radical (unpaired) electrons. The number of benzene rings is 4. The first-order valence-electron chi connectivity index (χ1n) is 12.7. The molecule has 4 rings (SSSR count). The average molecular weight is 505 g/mol. The molecule has 0 aliphatic carbocycles. The topological polar surface area (TPSA) is 52.6 Å². The fourth-order valence-corrected chi connectivity index (χ4v) is 4.11. The van der Waals surface area contributed by atoms with Crippen molar-refractivity contribution in [2.75, 3.05) is 0 Å². The molecule has 4 aromatic rings. The number of ether oxygens (including phenoxy) is 2. The van der Waals surface area contributed by atoms with Gasteiger partial charge in [-0.1, -0.05) is 81.1 Å². The first kappa shape index (κ1) is 26.6. The highest BCUT2D eigenvalue weighted by atomic mass is 16.5. The highest BCUT2D eigenvalue weighted by molar-refractivity contribution is 6.14. The van der Waals surface area contributed by atoms with Crippen molar-refractivity contribution in [2.45, 2.75) is 34.0 Å². The minimum absolute atomic E-state index is 0.0247. The van der Waals surface area contributed by atoms with E-state index in [9.17, 15) is 9.59 Å². The third kappa shape index (κ3) is 6.46. The lowest BCUT2D eigenvalue weighted by Gasteiger charge is -2.17. The van der Waals surface area contributed by atoms with E-state index >= 15 is 0 Å². The lowest BCUT2D eigenvalue weighted by atomic mass is 9.88. The average Bonchev–Trinajstić information content (AvgIpc) is 2.95. The van der Waals surface area contributed by atoms with E-state index in [1.165, 1.54) is 0 Å². The van der Waals surface area contributed by atoms with Crippen LogP contribution in [0.1, 0.15) is 52.6 Å². The van der Waals surface area contributed by atoms with Gasteiger partial charge in [0.25, 0.3) is 0 Å². The summed E-state index contributed by atoms with van der Waals surface area (Å²) in [6.07, 6.45) is 0. The molecular weight excluding hydrogens is 472 g/mol. The Balaban J connectivity index is 1.71. The molecule has 0 unspecified atom stereocenters. The zero-order valence-electron chi connectivity index (χ0n) is 22.1. The molecule has 0 heterocycles. The molecule has 0 aliphatic rings. The van der Waals surface area contributed by atoms with Crippen molar-refractivity contribution in [3.8, 4) is 22.6 Å². The zero-order valence-corrected chi connectivity index (χ0v) is 22.1. The summed E-state index contributed by atoms with van der Waals surface area (Å²) in [6.45, 7) is 10.1. The van der Waals surface area contributed by atoms with E-state index in [2.05, 4.69) is 6.58 Å². The number of ketones is 2. The lowest BCUT2D eigenvalue weighted by Crippen LogP contribution is -2.11. The molecule has 0 saturated heterocycles. The second-order valence-corrected chi connectivity index (χ2v) is 9.59. The maximum Gasteiger partial charge on any atom is 0.188 e. The van der Waals surface area contributed by atoms with Crippen LogP contribution in [-0.4, -0.2) is 11.6 Å². The summed E-state index contributed by atoms with van der Waals surface area (Å²) in [5.41, 5.74) is 4.76. The highest BCUT2D eigenvalue weighted by Crippen LogP contribution is 2.35. The summed E-state index contributed by atoms with van der Waals surface area (Å²) in [5.74, 6) is 0.714. The summed E-state index contributed by atoms with van der Waals surface area (Å²) < 4.78 is 12.0. The Morgan fingerprint density at radius 1 is 0.684 bits per heavy atom. The smallest absolute Gasteiger partial charge is 0.188 e. The number of Topliss-reactive ketones (excluding diaryl/α,β-unsaturated/α-hetero) is 2. The Morgan fingerprint density at radius 2 is 1.13 bits per heavy atom. The SMILES string of the molecule is C=C(C)C(=O)c1cc(OCc2ccccc2)ccc1-c1ccc(OCc2ccccc2)cc1C(=O)C(C)C. The molecule has 0 fully saturated rings. The minimum Gasteiger partial charge on any atom is -0.489 e. The molecule has 0 aromatic heterocycles. The molecule has 4 aromatic carbocycles. The monoisotopic (exact) mass is 504 g/mol. The van der Waals surface area contributed by atoms with E-state index < -0.39 is 0 Å². The normalized spacial score (nSPS) is 10.7. The second-order valence-electron chi connectivity index (χ2n) is 9.59. The minimum atomic E-state index is -0.230. The van der Waals surface area contributed by atoms with Crippen LogP contribution in [0.5, 0.6) is 11.5 Å². The van der Waals surface area contributed by atoms with Crippen molar-refractivity contribution in [3.63, 3.8) is 0 Å². The number of carbonyl (C=O) groups is 2. The van der Waals surface area contributed by atoms with E-state index in [1.54, 1.807) is 19.1 Å². The van der Waals surface area contributed by atoms with Crippen LogP contribution >= 0.6 is 0 Å². The fourth-order valence-electron chi connectivity index (χ4n) is 4.11. The van der Waals surface area contributed by atoms with Crippen molar-refractivity contribution in [1.82, 2.24) is 0 Å². The van der Waals surface area contributed by atoms with E-state index in [1.807, 2.05) is 98.8 Å². The molecule has 4 nitrogen and oxygen atoms in total. The van der Waals surface area contributed by atoms with Crippen molar-refractivity contribution in [2.24, 2.45) is 5.92 Å². The van der Waals surface area contributed by atoms with Gasteiger partial charge in [0.05, 0.1) is 0 Å². The number of rotatable bonds is 11. The maximum atomic E-state index is 13.3. The van der Waals surface area contributed by atoms with Crippen LogP contribution < -0.4 is 9.47 Å². The van der Waals surface area contributed by atoms with E-state index in [4.69, 9.17) is 9.47 Å². The van der Waals surface area contributed by atoms with Crippen molar-refractivity contribution in [1.29, 1.82) is 0 Å². The van der Waals surface area contributed by atoms with Gasteiger partial charge in [0.2, 0.25) is 0 Å². The molecule has 0 N–H and O–H groups in total. The van der Waals surface area contributed by atoms with Crippen LogP contribution in [0.4, 0.5) is 0 Å². The van der Waals surface area contributed by atoms with Crippen LogP contribution in [0.15, 0.2) is 109 Å². The molecule has 0 atom stereocenters. The third-order valence-electron chi connectivity index (χ3n) is 6.19. The summed E-state index contributed by atoms with van der Waals surface area (Å²) in [6, 6.07) is 30.6. The van der Waals surface area contributed by atoms with Gasteiger partial charge in [0.15, 0.2) is 11.6 Å². The quantitative estimate of drug-likeness (QED) is 0.153. The molecule has 192 valence electrons. The molecule has 0 spiro atoms. The first-order valence-corrected chi connectivity index (χ1v) is 12.7. The third-order valence-corrected chi connectivity index (χ3v) is 6.19. The van der Waals surface area contributed by atoms with E-state index in [0.717, 1.165) is 11.1 Å². The van der Waals surface area contributed by atoms with Crippen LogP contribution in [0.2, 0.25) is 0 Å². The number of hydrogen-bond acceptors (Lipinski definition) is 4. The molecule has 4 heteroatoms. The van der Waals surface area contributed by atoms with Crippen molar-refractivity contribution < 1.29 is 19.1 Å². The fraction of sp³-hybridized carbons (Fsp3) is 0.176. The van der Waals surface area contributed by atoms with Crippen LogP contribution in [-0.2, 0) is 13.2 Å². The summed E-state index contributed by atoms with van der Waals surface area (Å²) >= 11 is 0. The number of allylic oxidation sites excluding steroid dienone is 1. The Kier molecular flexibility index (Phi) is 8.55. The van der Waals surface area contributed by atoms with Gasteiger partial charge in [-0.25, -0.2) is 0 Å². The van der Waals surface area contributed by atoms with Gasteiger partial charge < -0.3 is 9.47 Å². The van der Waals surface area contributed by atoms with Gasteiger partial charge in [-0.3, -0.25) is 9.59 Å². The second kappa shape index (κ2) is 12.2. The predicted octanol–water partition coefficient (Wildman–Crippen LogP) is 8.11. The maximum absolute atomic E-state index is 13.3. The summed E-state index contributed by atoms with van der Waals surface area (Å²) in [4.78, 5) is 26.6. The molecule has 38 heavy (non-hydrogen) atoms. The Hall–Kier alpha value is -4.44. The molecule has 0 saturated carbocycles.